The van der Waals surface area contributed by atoms with Crippen molar-refractivity contribution in [2.45, 2.75) is 0 Å². The fourth-order valence-electron chi connectivity index (χ4n) is 2.07. The molecule has 5 heteroatoms. The summed E-state index contributed by atoms with van der Waals surface area (Å²) < 4.78 is 11.1. The van der Waals surface area contributed by atoms with Crippen LogP contribution >= 0.6 is 15.9 Å². The number of carbonyl (C=O) groups is 1. The van der Waals surface area contributed by atoms with E-state index in [0.717, 1.165) is 10.9 Å². The Hall–Kier alpha value is -2.01. The number of hydrogen-bond donors (Lipinski definition) is 1. The monoisotopic (exact) mass is 319 g/mol. The predicted molar refractivity (Wildman–Crippen MR) is 74.7 cm³/mol. The van der Waals surface area contributed by atoms with Gasteiger partial charge in [-0.3, -0.25) is 4.79 Å². The molecule has 0 atom stereocenters. The number of aromatic nitrogens is 1. The zero-order chi connectivity index (χ0) is 13.4. The molecule has 19 heavy (non-hydrogen) atoms. The first-order valence-electron chi connectivity index (χ1n) is 5.65. The molecule has 0 fully saturated rings. The van der Waals surface area contributed by atoms with Crippen molar-refractivity contribution >= 4 is 32.6 Å². The van der Waals surface area contributed by atoms with E-state index >= 15 is 0 Å². The summed E-state index contributed by atoms with van der Waals surface area (Å²) in [7, 11) is 1.58. The molecular weight excluding hydrogens is 310 g/mol. The normalized spacial score (nSPS) is 10.8. The molecule has 0 aliphatic carbocycles. The van der Waals surface area contributed by atoms with E-state index in [2.05, 4.69) is 20.9 Å². The summed E-state index contributed by atoms with van der Waals surface area (Å²) in [5.74, 6) is 0.771. The van der Waals surface area contributed by atoms with E-state index in [1.807, 2.05) is 18.2 Å². The van der Waals surface area contributed by atoms with Gasteiger partial charge in [-0.25, -0.2) is 0 Å². The van der Waals surface area contributed by atoms with Crippen molar-refractivity contribution in [3.63, 3.8) is 0 Å². The Kier molecular flexibility index (Phi) is 2.91. The number of aromatic amines is 1. The van der Waals surface area contributed by atoms with Crippen molar-refractivity contribution in [2.75, 3.05) is 7.11 Å². The summed E-state index contributed by atoms with van der Waals surface area (Å²) in [6.45, 7) is 0. The molecule has 0 saturated carbocycles. The number of ketones is 1. The minimum atomic E-state index is -0.179. The number of fused-ring (bicyclic) bond motifs is 1. The van der Waals surface area contributed by atoms with E-state index in [0.29, 0.717) is 21.7 Å². The number of methoxy groups -OCH3 is 1. The lowest BCUT2D eigenvalue weighted by molar-refractivity contribution is 0.101. The molecule has 96 valence electrons. The van der Waals surface area contributed by atoms with Crippen molar-refractivity contribution in [1.29, 1.82) is 0 Å². The van der Waals surface area contributed by atoms with Crippen LogP contribution in [0.1, 0.15) is 16.1 Å². The number of ether oxygens (including phenoxy) is 1. The second-order valence-electron chi connectivity index (χ2n) is 4.02. The van der Waals surface area contributed by atoms with Crippen LogP contribution in [0.25, 0.3) is 10.9 Å². The fourth-order valence-corrected chi connectivity index (χ4v) is 2.38. The summed E-state index contributed by atoms with van der Waals surface area (Å²) in [6.07, 6.45) is 1.67. The third-order valence-corrected chi connectivity index (χ3v) is 3.36. The van der Waals surface area contributed by atoms with Crippen LogP contribution in [0.4, 0.5) is 0 Å². The van der Waals surface area contributed by atoms with E-state index in [1.165, 1.54) is 0 Å². The number of halogens is 1. The van der Waals surface area contributed by atoms with Crippen molar-refractivity contribution in [3.05, 3.63) is 52.5 Å². The smallest absolute Gasteiger partial charge is 0.230 e. The van der Waals surface area contributed by atoms with Gasteiger partial charge in [0.05, 0.1) is 18.1 Å². The van der Waals surface area contributed by atoms with Gasteiger partial charge in [0.15, 0.2) is 10.4 Å². The number of furan rings is 1. The molecular formula is C14H10BrNO3. The number of carbonyl (C=O) groups excluding carboxylic acids is 1. The molecule has 3 rings (SSSR count). The Balaban J connectivity index is 2.18. The van der Waals surface area contributed by atoms with Gasteiger partial charge in [-0.15, -0.1) is 0 Å². The Morgan fingerprint density at radius 3 is 2.84 bits per heavy atom. The van der Waals surface area contributed by atoms with Gasteiger partial charge in [0.1, 0.15) is 5.75 Å². The molecule has 0 unspecified atom stereocenters. The average Bonchev–Trinajstić information content (AvgIpc) is 3.03. The largest absolute Gasteiger partial charge is 0.496 e. The second-order valence-corrected chi connectivity index (χ2v) is 4.80. The minimum Gasteiger partial charge on any atom is -0.496 e. The molecule has 4 nitrogen and oxygen atoms in total. The number of hydrogen-bond acceptors (Lipinski definition) is 3. The molecule has 0 spiro atoms. The van der Waals surface area contributed by atoms with Gasteiger partial charge in [0.2, 0.25) is 5.78 Å². The number of rotatable bonds is 3. The van der Waals surface area contributed by atoms with Crippen LogP contribution < -0.4 is 4.74 Å². The highest BCUT2D eigenvalue weighted by atomic mass is 79.9. The average molecular weight is 320 g/mol. The summed E-state index contributed by atoms with van der Waals surface area (Å²) in [5.41, 5.74) is 1.39. The van der Waals surface area contributed by atoms with E-state index in [1.54, 1.807) is 25.4 Å². The number of nitrogens with one attached hydrogen (secondary N) is 1. The topological polar surface area (TPSA) is 55.2 Å². The van der Waals surface area contributed by atoms with Gasteiger partial charge in [-0.05, 0) is 40.2 Å². The van der Waals surface area contributed by atoms with Crippen LogP contribution in [0.5, 0.6) is 5.75 Å². The molecule has 3 aromatic rings. The minimum absolute atomic E-state index is 0.179. The zero-order valence-electron chi connectivity index (χ0n) is 10.1. The summed E-state index contributed by atoms with van der Waals surface area (Å²) in [5, 5.41) is 0.766. The quantitative estimate of drug-likeness (QED) is 0.748. The summed E-state index contributed by atoms with van der Waals surface area (Å²) in [4.78, 5) is 15.5. The van der Waals surface area contributed by atoms with Crippen molar-refractivity contribution in [2.24, 2.45) is 0 Å². The highest BCUT2D eigenvalue weighted by Crippen LogP contribution is 2.30. The maximum Gasteiger partial charge on any atom is 0.230 e. The Bertz CT molecular complexity index is 757. The van der Waals surface area contributed by atoms with Crippen molar-refractivity contribution in [3.8, 4) is 5.75 Å². The van der Waals surface area contributed by atoms with E-state index < -0.39 is 0 Å². The molecule has 0 saturated heterocycles. The lowest BCUT2D eigenvalue weighted by atomic mass is 10.1. The molecule has 0 radical (unpaired) electrons. The van der Waals surface area contributed by atoms with Crippen LogP contribution in [0.15, 0.2) is 45.6 Å². The molecule has 0 bridgehead atoms. The van der Waals surface area contributed by atoms with Crippen molar-refractivity contribution < 1.29 is 13.9 Å². The van der Waals surface area contributed by atoms with Crippen LogP contribution in [0, 0.1) is 0 Å². The molecule has 0 amide bonds. The highest BCUT2D eigenvalue weighted by molar-refractivity contribution is 9.10. The Morgan fingerprint density at radius 2 is 2.16 bits per heavy atom. The van der Waals surface area contributed by atoms with Crippen LogP contribution in [-0.4, -0.2) is 17.9 Å². The molecule has 2 aromatic heterocycles. The summed E-state index contributed by atoms with van der Waals surface area (Å²) >= 11 is 3.19. The number of H-pyrrole nitrogens is 1. The molecule has 1 aromatic carbocycles. The van der Waals surface area contributed by atoms with E-state index in [-0.39, 0.29) is 5.78 Å². The molecule has 2 heterocycles. The van der Waals surface area contributed by atoms with Gasteiger partial charge < -0.3 is 14.1 Å². The third kappa shape index (κ3) is 1.96. The SMILES string of the molecule is COc1cccc2[nH]cc(C(=O)c3ccc(Br)o3)c12. The van der Waals surface area contributed by atoms with Gasteiger partial charge in [-0.2, -0.15) is 0 Å². The first kappa shape index (κ1) is 12.0. The van der Waals surface area contributed by atoms with Crippen LogP contribution in [0.2, 0.25) is 0 Å². The van der Waals surface area contributed by atoms with Crippen LogP contribution in [0.3, 0.4) is 0 Å². The van der Waals surface area contributed by atoms with Gasteiger partial charge in [0.25, 0.3) is 0 Å². The lowest BCUT2D eigenvalue weighted by Gasteiger charge is -2.03. The maximum atomic E-state index is 12.4. The maximum absolute atomic E-state index is 12.4. The second kappa shape index (κ2) is 4.59. The summed E-state index contributed by atoms with van der Waals surface area (Å²) in [6, 6.07) is 8.92. The molecule has 1 N–H and O–H groups in total. The Morgan fingerprint density at radius 1 is 1.32 bits per heavy atom. The number of benzene rings is 1. The van der Waals surface area contributed by atoms with Crippen LogP contribution in [-0.2, 0) is 0 Å². The fraction of sp³-hybridized carbons (Fsp3) is 0.0714. The van der Waals surface area contributed by atoms with Crippen molar-refractivity contribution in [1.82, 2.24) is 4.98 Å². The first-order valence-corrected chi connectivity index (χ1v) is 6.44. The van der Waals surface area contributed by atoms with E-state index in [9.17, 15) is 4.79 Å². The van der Waals surface area contributed by atoms with Gasteiger partial charge >= 0.3 is 0 Å². The zero-order valence-corrected chi connectivity index (χ0v) is 11.7. The third-order valence-electron chi connectivity index (χ3n) is 2.93. The Labute approximate surface area is 117 Å². The highest BCUT2D eigenvalue weighted by Gasteiger charge is 2.19. The van der Waals surface area contributed by atoms with Gasteiger partial charge in [-0.1, -0.05) is 6.07 Å². The molecule has 0 aliphatic heterocycles. The lowest BCUT2D eigenvalue weighted by Crippen LogP contribution is -1.99. The van der Waals surface area contributed by atoms with E-state index in [4.69, 9.17) is 9.15 Å². The first-order chi connectivity index (χ1) is 9.20. The van der Waals surface area contributed by atoms with Gasteiger partial charge in [0, 0.05) is 11.7 Å². The standard InChI is InChI=1S/C14H10BrNO3/c1-18-10-4-2-3-9-13(10)8(7-16-9)14(17)11-5-6-12(15)19-11/h2-7,16H,1H3. The predicted octanol–water partition coefficient (Wildman–Crippen LogP) is 3.76. The molecule has 0 aliphatic rings.